The zero-order valence-electron chi connectivity index (χ0n) is 19.9. The topological polar surface area (TPSA) is 52.4 Å². The molecule has 0 amide bonds. The van der Waals surface area contributed by atoms with Gasteiger partial charge in [0.1, 0.15) is 0 Å². The highest BCUT2D eigenvalue weighted by molar-refractivity contribution is 6.76. The van der Waals surface area contributed by atoms with Crippen LogP contribution in [0.2, 0.25) is 31.7 Å². The summed E-state index contributed by atoms with van der Waals surface area (Å²) in [6.45, 7) is 16.6. The van der Waals surface area contributed by atoms with Crippen LogP contribution in [0.3, 0.4) is 0 Å². The van der Waals surface area contributed by atoms with Crippen molar-refractivity contribution in [1.82, 2.24) is 0 Å². The van der Waals surface area contributed by atoms with E-state index in [1.54, 1.807) is 0 Å². The SMILES string of the molecule is CCO[Si](CCC/N=C/c1ccccc1/C=N/CCC[Si](C)(C)C)(OCC)OCC. The lowest BCUT2D eigenvalue weighted by atomic mass is 10.1. The maximum absolute atomic E-state index is 5.91. The summed E-state index contributed by atoms with van der Waals surface area (Å²) in [5, 5.41) is 0. The van der Waals surface area contributed by atoms with E-state index in [4.69, 9.17) is 13.3 Å². The summed E-state index contributed by atoms with van der Waals surface area (Å²) in [5.41, 5.74) is 2.23. The van der Waals surface area contributed by atoms with Gasteiger partial charge < -0.3 is 13.3 Å². The van der Waals surface area contributed by atoms with Crippen molar-refractivity contribution < 1.29 is 13.3 Å². The Labute approximate surface area is 186 Å². The van der Waals surface area contributed by atoms with Gasteiger partial charge in [-0.3, -0.25) is 9.98 Å². The molecule has 0 aliphatic rings. The molecule has 0 aliphatic carbocycles. The Bertz CT molecular complexity index is 629. The zero-order valence-corrected chi connectivity index (χ0v) is 21.9. The molecular weight excluding hydrogens is 408 g/mol. The van der Waals surface area contributed by atoms with Crippen LogP contribution < -0.4 is 0 Å². The van der Waals surface area contributed by atoms with Crippen LogP contribution in [-0.2, 0) is 13.3 Å². The highest BCUT2D eigenvalue weighted by Crippen LogP contribution is 2.18. The van der Waals surface area contributed by atoms with Crippen molar-refractivity contribution in [2.45, 2.75) is 65.3 Å². The van der Waals surface area contributed by atoms with Crippen LogP contribution in [-0.4, -0.2) is 62.2 Å². The third-order valence-electron chi connectivity index (χ3n) is 4.53. The van der Waals surface area contributed by atoms with Crippen LogP contribution in [0.1, 0.15) is 44.7 Å². The number of aliphatic imine (C=N–C) groups is 2. The van der Waals surface area contributed by atoms with E-state index in [9.17, 15) is 0 Å². The van der Waals surface area contributed by atoms with Crippen molar-refractivity contribution in [2.24, 2.45) is 9.98 Å². The molecule has 0 radical (unpaired) electrons. The van der Waals surface area contributed by atoms with Crippen molar-refractivity contribution in [1.29, 1.82) is 0 Å². The number of nitrogens with zero attached hydrogens (tertiary/aromatic N) is 2. The minimum absolute atomic E-state index is 0.611. The van der Waals surface area contributed by atoms with E-state index in [0.29, 0.717) is 19.8 Å². The third-order valence-corrected chi connectivity index (χ3v) is 9.54. The molecule has 170 valence electrons. The Morgan fingerprint density at radius 3 is 1.57 bits per heavy atom. The monoisotopic (exact) mass is 450 g/mol. The molecule has 0 aromatic heterocycles. The second kappa shape index (κ2) is 14.8. The first-order valence-corrected chi connectivity index (χ1v) is 17.0. The van der Waals surface area contributed by atoms with Gasteiger partial charge in [0.05, 0.1) is 0 Å². The molecule has 1 aromatic rings. The summed E-state index contributed by atoms with van der Waals surface area (Å²) < 4.78 is 17.7. The van der Waals surface area contributed by atoms with Crippen LogP contribution in [0.5, 0.6) is 0 Å². The van der Waals surface area contributed by atoms with Gasteiger partial charge in [-0.05, 0) is 33.6 Å². The van der Waals surface area contributed by atoms with Crippen molar-refractivity contribution in [3.05, 3.63) is 35.4 Å². The average molecular weight is 451 g/mol. The summed E-state index contributed by atoms with van der Waals surface area (Å²) in [4.78, 5) is 9.27. The molecule has 0 fully saturated rings. The average Bonchev–Trinajstić information content (AvgIpc) is 2.68. The third kappa shape index (κ3) is 11.3. The number of benzene rings is 1. The number of hydrogen-bond acceptors (Lipinski definition) is 5. The van der Waals surface area contributed by atoms with E-state index in [1.165, 1.54) is 12.5 Å². The van der Waals surface area contributed by atoms with Crippen LogP contribution in [0.15, 0.2) is 34.3 Å². The van der Waals surface area contributed by atoms with Gasteiger partial charge in [0.15, 0.2) is 0 Å². The van der Waals surface area contributed by atoms with Crippen molar-refractivity contribution in [3.8, 4) is 0 Å². The van der Waals surface area contributed by atoms with E-state index in [-0.39, 0.29) is 0 Å². The molecule has 0 spiro atoms. The minimum atomic E-state index is -2.57. The summed E-state index contributed by atoms with van der Waals surface area (Å²) in [6.07, 6.45) is 6.00. The molecule has 0 unspecified atom stereocenters. The van der Waals surface area contributed by atoms with E-state index in [1.807, 2.05) is 45.3 Å². The predicted octanol–water partition coefficient (Wildman–Crippen LogP) is 5.69. The molecule has 5 nitrogen and oxygen atoms in total. The van der Waals surface area contributed by atoms with E-state index < -0.39 is 16.9 Å². The Morgan fingerprint density at radius 2 is 1.17 bits per heavy atom. The molecule has 0 atom stereocenters. The van der Waals surface area contributed by atoms with Gasteiger partial charge in [0.25, 0.3) is 0 Å². The molecular formula is C23H42N2O3Si2. The maximum atomic E-state index is 5.91. The second-order valence-corrected chi connectivity index (χ2v) is 16.8. The van der Waals surface area contributed by atoms with Gasteiger partial charge in [-0.15, -0.1) is 0 Å². The Hall–Kier alpha value is -1.13. The van der Waals surface area contributed by atoms with Gasteiger partial charge in [0, 0.05) is 70.6 Å². The lowest BCUT2D eigenvalue weighted by molar-refractivity contribution is 0.0710. The fraction of sp³-hybridized carbons (Fsp3) is 0.652. The fourth-order valence-electron chi connectivity index (χ4n) is 3.16. The molecule has 0 N–H and O–H groups in total. The lowest BCUT2D eigenvalue weighted by Gasteiger charge is -2.28. The molecule has 0 saturated carbocycles. The van der Waals surface area contributed by atoms with Crippen LogP contribution in [0.4, 0.5) is 0 Å². The van der Waals surface area contributed by atoms with E-state index >= 15 is 0 Å². The van der Waals surface area contributed by atoms with Gasteiger partial charge >= 0.3 is 8.80 Å². The van der Waals surface area contributed by atoms with Crippen molar-refractivity contribution >= 4 is 29.3 Å². The largest absolute Gasteiger partial charge is 0.500 e. The molecule has 7 heteroatoms. The van der Waals surface area contributed by atoms with E-state index in [2.05, 4.69) is 41.8 Å². The van der Waals surface area contributed by atoms with Crippen LogP contribution in [0, 0.1) is 0 Å². The Kier molecular flexibility index (Phi) is 13.3. The minimum Gasteiger partial charge on any atom is -0.374 e. The Morgan fingerprint density at radius 1 is 0.733 bits per heavy atom. The summed E-state index contributed by atoms with van der Waals surface area (Å²) >= 11 is 0. The smallest absolute Gasteiger partial charge is 0.374 e. The van der Waals surface area contributed by atoms with Crippen LogP contribution >= 0.6 is 0 Å². The maximum Gasteiger partial charge on any atom is 0.500 e. The Balaban J connectivity index is 2.58. The molecule has 0 bridgehead atoms. The van der Waals surface area contributed by atoms with Gasteiger partial charge in [-0.25, -0.2) is 0 Å². The summed E-state index contributed by atoms with van der Waals surface area (Å²) in [7, 11) is -3.54. The highest BCUT2D eigenvalue weighted by Gasteiger charge is 2.39. The number of rotatable bonds is 16. The summed E-state index contributed by atoms with van der Waals surface area (Å²) in [5.74, 6) is 0. The molecule has 1 rings (SSSR count). The lowest BCUT2D eigenvalue weighted by Crippen LogP contribution is -2.46. The summed E-state index contributed by atoms with van der Waals surface area (Å²) in [6, 6.07) is 10.4. The first kappa shape index (κ1) is 26.9. The molecule has 1 aromatic carbocycles. The van der Waals surface area contributed by atoms with Gasteiger partial charge in [-0.2, -0.15) is 0 Å². The van der Waals surface area contributed by atoms with Gasteiger partial charge in [-0.1, -0.05) is 50.0 Å². The first-order chi connectivity index (χ1) is 14.4. The van der Waals surface area contributed by atoms with Gasteiger partial charge in [0.2, 0.25) is 0 Å². The number of hydrogen-bond donors (Lipinski definition) is 0. The molecule has 0 aliphatic heterocycles. The first-order valence-electron chi connectivity index (χ1n) is 11.4. The van der Waals surface area contributed by atoms with E-state index in [0.717, 1.165) is 36.7 Å². The highest BCUT2D eigenvalue weighted by atomic mass is 28.4. The van der Waals surface area contributed by atoms with Crippen LogP contribution in [0.25, 0.3) is 0 Å². The second-order valence-electron chi connectivity index (χ2n) is 8.45. The predicted molar refractivity (Wildman–Crippen MR) is 134 cm³/mol. The fourth-order valence-corrected chi connectivity index (χ4v) is 6.97. The molecule has 30 heavy (non-hydrogen) atoms. The standard InChI is InChI=1S/C23H42N2O3Si2/c1-7-26-30(27-8-2,28-9-3)19-13-17-25-21-23-15-11-10-14-22(23)20-24-16-12-18-29(4,5)6/h10-11,14-15,20-21H,7-9,12-13,16-19H2,1-6H3/b24-20+,25-21+. The normalized spacial score (nSPS) is 13.0. The quantitative estimate of drug-likeness (QED) is 0.185. The van der Waals surface area contributed by atoms with Crippen molar-refractivity contribution in [3.63, 3.8) is 0 Å². The van der Waals surface area contributed by atoms with Crippen molar-refractivity contribution in [2.75, 3.05) is 32.9 Å². The molecule has 0 saturated heterocycles. The zero-order chi connectivity index (χ0) is 22.3. The molecule has 0 heterocycles.